The minimum atomic E-state index is -0.241. The minimum Gasteiger partial charge on any atom is -0.511 e. The Bertz CT molecular complexity index is 733. The van der Waals surface area contributed by atoms with Gasteiger partial charge >= 0.3 is 0 Å². The van der Waals surface area contributed by atoms with Crippen LogP contribution in [0.3, 0.4) is 0 Å². The highest BCUT2D eigenvalue weighted by molar-refractivity contribution is 6.23. The van der Waals surface area contributed by atoms with Gasteiger partial charge in [-0.15, -0.1) is 0 Å². The molecule has 0 amide bonds. The summed E-state index contributed by atoms with van der Waals surface area (Å²) < 4.78 is 5.23. The second kappa shape index (κ2) is 6.00. The van der Waals surface area contributed by atoms with Gasteiger partial charge in [0.1, 0.15) is 11.5 Å². The van der Waals surface area contributed by atoms with Gasteiger partial charge in [-0.3, -0.25) is 9.59 Å². The summed E-state index contributed by atoms with van der Waals surface area (Å²) in [6, 6.07) is 0. The largest absolute Gasteiger partial charge is 0.511 e. The van der Waals surface area contributed by atoms with Gasteiger partial charge in [-0.2, -0.15) is 0 Å². The van der Waals surface area contributed by atoms with E-state index in [1.54, 1.807) is 0 Å². The molecule has 0 aliphatic heterocycles. The fourth-order valence-corrected chi connectivity index (χ4v) is 3.57. The number of Topliss-reactive ketones (excluding diaryl/α,β-unsaturated/α-hetero) is 2. The van der Waals surface area contributed by atoms with Crippen molar-refractivity contribution < 1.29 is 19.2 Å². The van der Waals surface area contributed by atoms with Crippen LogP contribution in [0.1, 0.15) is 67.8 Å². The van der Waals surface area contributed by atoms with E-state index in [9.17, 15) is 14.7 Å². The van der Waals surface area contributed by atoms with Gasteiger partial charge in [-0.25, -0.2) is 0 Å². The van der Waals surface area contributed by atoms with Crippen molar-refractivity contribution >= 4 is 17.3 Å². The van der Waals surface area contributed by atoms with Gasteiger partial charge in [0.25, 0.3) is 0 Å². The monoisotopic (exact) mass is 330 g/mol. The molecular weight excluding hydrogens is 308 g/mol. The highest BCUT2D eigenvalue weighted by Gasteiger charge is 2.35. The molecule has 0 saturated heterocycles. The number of ketones is 2. The molecule has 24 heavy (non-hydrogen) atoms. The van der Waals surface area contributed by atoms with Crippen molar-refractivity contribution in [3.05, 3.63) is 28.3 Å². The SMILES string of the molecule is CC1(C)CC(=N)/C(=C(/O)CCc2noc3c2C(=O)CCC3)C(=O)C1. The van der Waals surface area contributed by atoms with E-state index in [2.05, 4.69) is 5.16 Å². The van der Waals surface area contributed by atoms with Crippen molar-refractivity contribution in [2.75, 3.05) is 0 Å². The number of aliphatic hydroxyl groups excluding tert-OH is 1. The molecule has 1 fully saturated rings. The lowest BCUT2D eigenvalue weighted by atomic mass is 9.73. The summed E-state index contributed by atoms with van der Waals surface area (Å²) in [5.74, 6) is 0.382. The molecular formula is C18H22N2O4. The van der Waals surface area contributed by atoms with Crippen molar-refractivity contribution in [3.63, 3.8) is 0 Å². The molecule has 1 heterocycles. The molecule has 0 unspecified atom stereocenters. The van der Waals surface area contributed by atoms with Crippen LogP contribution in [0, 0.1) is 10.8 Å². The average molecular weight is 330 g/mol. The Balaban J connectivity index is 1.78. The molecule has 6 heteroatoms. The Hall–Kier alpha value is -2.24. The van der Waals surface area contributed by atoms with E-state index >= 15 is 0 Å². The van der Waals surface area contributed by atoms with Gasteiger partial charge in [0.15, 0.2) is 11.6 Å². The van der Waals surface area contributed by atoms with Crippen molar-refractivity contribution in [3.8, 4) is 0 Å². The summed E-state index contributed by atoms with van der Waals surface area (Å²) in [5.41, 5.74) is 1.17. The van der Waals surface area contributed by atoms with E-state index in [0.29, 0.717) is 49.1 Å². The van der Waals surface area contributed by atoms with Crippen LogP contribution in [0.15, 0.2) is 15.9 Å². The first-order valence-electron chi connectivity index (χ1n) is 8.32. The number of hydrogen-bond acceptors (Lipinski definition) is 6. The fraction of sp³-hybridized carbons (Fsp3) is 0.556. The lowest BCUT2D eigenvalue weighted by Crippen LogP contribution is -2.32. The lowest BCUT2D eigenvalue weighted by Gasteiger charge is -2.30. The first-order chi connectivity index (χ1) is 11.3. The van der Waals surface area contributed by atoms with Crippen LogP contribution in [-0.4, -0.2) is 27.5 Å². The Labute approximate surface area is 140 Å². The number of aryl methyl sites for hydroxylation is 2. The molecule has 2 aliphatic carbocycles. The summed E-state index contributed by atoms with van der Waals surface area (Å²) in [4.78, 5) is 24.3. The number of aromatic nitrogens is 1. The predicted octanol–water partition coefficient (Wildman–Crippen LogP) is 3.35. The van der Waals surface area contributed by atoms with E-state index < -0.39 is 0 Å². The maximum Gasteiger partial charge on any atom is 0.168 e. The molecule has 128 valence electrons. The summed E-state index contributed by atoms with van der Waals surface area (Å²) in [6.07, 6.45) is 3.27. The molecule has 0 bridgehead atoms. The number of carbonyl (C=O) groups is 2. The minimum absolute atomic E-state index is 0.0304. The molecule has 3 rings (SSSR count). The second-order valence-electron chi connectivity index (χ2n) is 7.45. The standard InChI is InChI=1S/C18H22N2O4/c1-18(2)8-10(19)16(14(23)9-18)13(22)7-6-11-17-12(21)4-3-5-15(17)24-20-11/h19,22H,3-9H2,1-2H3/b16-13-,19-10?. The Morgan fingerprint density at radius 2 is 2.00 bits per heavy atom. The van der Waals surface area contributed by atoms with Gasteiger partial charge in [-0.05, 0) is 18.3 Å². The van der Waals surface area contributed by atoms with Crippen LogP contribution >= 0.6 is 0 Å². The summed E-state index contributed by atoms with van der Waals surface area (Å²) in [5, 5.41) is 22.4. The summed E-state index contributed by atoms with van der Waals surface area (Å²) in [6.45, 7) is 3.89. The van der Waals surface area contributed by atoms with E-state index in [1.165, 1.54) is 0 Å². The van der Waals surface area contributed by atoms with Gasteiger partial charge in [-0.1, -0.05) is 19.0 Å². The fourth-order valence-electron chi connectivity index (χ4n) is 3.57. The highest BCUT2D eigenvalue weighted by Crippen LogP contribution is 2.35. The number of hydrogen-bond donors (Lipinski definition) is 2. The predicted molar refractivity (Wildman–Crippen MR) is 87.5 cm³/mol. The number of aliphatic hydroxyl groups is 1. The topological polar surface area (TPSA) is 104 Å². The summed E-state index contributed by atoms with van der Waals surface area (Å²) in [7, 11) is 0. The van der Waals surface area contributed by atoms with Gasteiger partial charge < -0.3 is 15.0 Å². The molecule has 6 nitrogen and oxygen atoms in total. The van der Waals surface area contributed by atoms with Gasteiger partial charge in [0.05, 0.1) is 16.8 Å². The number of fused-ring (bicyclic) bond motifs is 1. The van der Waals surface area contributed by atoms with E-state index in [1.807, 2.05) is 13.8 Å². The number of allylic oxidation sites excluding steroid dienone is 2. The third kappa shape index (κ3) is 3.05. The molecule has 0 aromatic carbocycles. The van der Waals surface area contributed by atoms with Crippen LogP contribution in [-0.2, 0) is 17.6 Å². The zero-order valence-electron chi connectivity index (χ0n) is 14.1. The van der Waals surface area contributed by atoms with Crippen molar-refractivity contribution in [2.45, 2.75) is 58.8 Å². The number of nitrogens with zero attached hydrogens (tertiary/aromatic N) is 1. The maximum atomic E-state index is 12.3. The van der Waals surface area contributed by atoms with Crippen LogP contribution in [0.25, 0.3) is 0 Å². The zero-order chi connectivity index (χ0) is 17.5. The van der Waals surface area contributed by atoms with Crippen molar-refractivity contribution in [1.29, 1.82) is 5.41 Å². The molecule has 2 N–H and O–H groups in total. The maximum absolute atomic E-state index is 12.3. The van der Waals surface area contributed by atoms with Crippen LogP contribution in [0.2, 0.25) is 0 Å². The summed E-state index contributed by atoms with van der Waals surface area (Å²) >= 11 is 0. The Morgan fingerprint density at radius 3 is 2.71 bits per heavy atom. The number of nitrogens with one attached hydrogen (secondary N) is 1. The van der Waals surface area contributed by atoms with Gasteiger partial charge in [0, 0.05) is 37.8 Å². The average Bonchev–Trinajstić information content (AvgIpc) is 2.87. The van der Waals surface area contributed by atoms with Crippen molar-refractivity contribution in [2.24, 2.45) is 5.41 Å². The third-order valence-corrected chi connectivity index (χ3v) is 4.68. The number of rotatable bonds is 3. The zero-order valence-corrected chi connectivity index (χ0v) is 14.1. The number of carbonyl (C=O) groups excluding carboxylic acids is 2. The van der Waals surface area contributed by atoms with E-state index in [0.717, 1.165) is 6.42 Å². The molecule has 2 aliphatic rings. The van der Waals surface area contributed by atoms with Crippen LogP contribution in [0.4, 0.5) is 0 Å². The molecule has 0 spiro atoms. The Kier molecular flexibility index (Phi) is 4.15. The molecule has 0 atom stereocenters. The quantitative estimate of drug-likeness (QED) is 0.653. The third-order valence-electron chi connectivity index (χ3n) is 4.68. The Morgan fingerprint density at radius 1 is 1.25 bits per heavy atom. The molecule has 1 saturated carbocycles. The van der Waals surface area contributed by atoms with Crippen LogP contribution in [0.5, 0.6) is 0 Å². The highest BCUT2D eigenvalue weighted by atomic mass is 16.5. The first-order valence-corrected chi connectivity index (χ1v) is 8.32. The second-order valence-corrected chi connectivity index (χ2v) is 7.45. The van der Waals surface area contributed by atoms with Crippen molar-refractivity contribution in [1.82, 2.24) is 5.16 Å². The molecule has 1 aromatic rings. The smallest absolute Gasteiger partial charge is 0.168 e. The lowest BCUT2D eigenvalue weighted by molar-refractivity contribution is -0.117. The van der Waals surface area contributed by atoms with Gasteiger partial charge in [0.2, 0.25) is 0 Å². The van der Waals surface area contributed by atoms with Crippen LogP contribution < -0.4 is 0 Å². The first kappa shape index (κ1) is 16.6. The normalized spacial score (nSPS) is 22.5. The molecule has 1 aromatic heterocycles. The van der Waals surface area contributed by atoms with E-state index in [4.69, 9.17) is 9.93 Å². The molecule has 0 radical (unpaired) electrons. The van der Waals surface area contributed by atoms with E-state index in [-0.39, 0.29) is 40.4 Å².